The van der Waals surface area contributed by atoms with Crippen molar-refractivity contribution in [3.8, 4) is 0 Å². The third-order valence-electron chi connectivity index (χ3n) is 5.71. The van der Waals surface area contributed by atoms with E-state index in [1.54, 1.807) is 11.9 Å². The highest BCUT2D eigenvalue weighted by Crippen LogP contribution is 2.32. The minimum atomic E-state index is -0.556. The van der Waals surface area contributed by atoms with Gasteiger partial charge in [0.2, 0.25) is 0 Å². The Labute approximate surface area is 196 Å². The van der Waals surface area contributed by atoms with E-state index in [9.17, 15) is 9.59 Å². The molecule has 182 valence electrons. The number of carbonyl (C=O) groups excluding carboxylic acids is 2. The standard InChI is InChI=1S/C24H37N5O4/c1-6-32-21(30)20-17(2)29(25)23(28(20)15-18-11-8-7-9-12-18)27-14-10-13-19(16-27)26-22(31)33-24(3,4)5/h7-9,11-12,19,23H,6,10,13-16,25H2,1-5H3,(H,26,31). The van der Waals surface area contributed by atoms with Gasteiger partial charge in [0.05, 0.1) is 12.3 Å². The van der Waals surface area contributed by atoms with Gasteiger partial charge in [-0.3, -0.25) is 9.91 Å². The second-order valence-electron chi connectivity index (χ2n) is 9.50. The number of benzene rings is 1. The molecule has 2 heterocycles. The predicted molar refractivity (Wildman–Crippen MR) is 125 cm³/mol. The number of likely N-dealkylation sites (tertiary alicyclic amines) is 1. The number of hydrogen-bond acceptors (Lipinski definition) is 8. The summed E-state index contributed by atoms with van der Waals surface area (Å²) >= 11 is 0. The Hall–Kier alpha value is -2.78. The highest BCUT2D eigenvalue weighted by Gasteiger charge is 2.43. The van der Waals surface area contributed by atoms with Crippen molar-refractivity contribution in [2.24, 2.45) is 5.84 Å². The first-order chi connectivity index (χ1) is 15.6. The van der Waals surface area contributed by atoms with E-state index in [-0.39, 0.29) is 24.9 Å². The van der Waals surface area contributed by atoms with Gasteiger partial charge in [-0.2, -0.15) is 0 Å². The summed E-state index contributed by atoms with van der Waals surface area (Å²) < 4.78 is 10.8. The van der Waals surface area contributed by atoms with Crippen molar-refractivity contribution >= 4 is 12.1 Å². The van der Waals surface area contributed by atoms with Gasteiger partial charge in [-0.1, -0.05) is 30.3 Å². The minimum Gasteiger partial charge on any atom is -0.461 e. The van der Waals surface area contributed by atoms with Crippen LogP contribution in [0.25, 0.3) is 0 Å². The molecular formula is C24H37N5O4. The number of ether oxygens (including phenoxy) is 2. The average Bonchev–Trinajstić information content (AvgIpc) is 2.97. The molecule has 2 atom stereocenters. The summed E-state index contributed by atoms with van der Waals surface area (Å²) in [4.78, 5) is 29.4. The van der Waals surface area contributed by atoms with Gasteiger partial charge in [0.1, 0.15) is 11.3 Å². The van der Waals surface area contributed by atoms with Gasteiger partial charge in [0, 0.05) is 25.7 Å². The van der Waals surface area contributed by atoms with E-state index in [0.717, 1.165) is 24.9 Å². The minimum absolute atomic E-state index is 0.0764. The molecule has 2 unspecified atom stereocenters. The number of rotatable bonds is 6. The zero-order valence-corrected chi connectivity index (χ0v) is 20.3. The number of allylic oxidation sites excluding steroid dienone is 1. The van der Waals surface area contributed by atoms with Crippen LogP contribution in [0, 0.1) is 0 Å². The summed E-state index contributed by atoms with van der Waals surface area (Å²) in [6.45, 7) is 11.3. The maximum absolute atomic E-state index is 12.9. The highest BCUT2D eigenvalue weighted by atomic mass is 16.6. The molecule has 9 heteroatoms. The summed E-state index contributed by atoms with van der Waals surface area (Å²) in [5.74, 6) is 6.14. The fraction of sp³-hybridized carbons (Fsp3) is 0.583. The Balaban J connectivity index is 1.81. The smallest absolute Gasteiger partial charge is 0.407 e. The van der Waals surface area contributed by atoms with Gasteiger partial charge in [-0.15, -0.1) is 0 Å². The first-order valence-corrected chi connectivity index (χ1v) is 11.6. The van der Waals surface area contributed by atoms with Gasteiger partial charge in [-0.25, -0.2) is 15.4 Å². The summed E-state index contributed by atoms with van der Waals surface area (Å²) in [5.41, 5.74) is 1.64. The molecule has 1 aromatic rings. The Kier molecular flexibility index (Phi) is 7.86. The molecule has 0 spiro atoms. The number of nitrogens with zero attached hydrogens (tertiary/aromatic N) is 3. The molecule has 1 aromatic carbocycles. The third kappa shape index (κ3) is 6.17. The molecule has 0 saturated carbocycles. The van der Waals surface area contributed by atoms with Gasteiger partial charge < -0.3 is 19.7 Å². The Morgan fingerprint density at radius 2 is 1.91 bits per heavy atom. The topological polar surface area (TPSA) is 100 Å². The number of carbonyl (C=O) groups is 2. The van der Waals surface area contributed by atoms with Gasteiger partial charge in [-0.05, 0) is 53.0 Å². The molecule has 3 N–H and O–H groups in total. The number of esters is 1. The zero-order valence-electron chi connectivity index (χ0n) is 20.3. The third-order valence-corrected chi connectivity index (χ3v) is 5.71. The van der Waals surface area contributed by atoms with E-state index < -0.39 is 11.7 Å². The molecule has 2 aliphatic rings. The maximum atomic E-state index is 12.9. The van der Waals surface area contributed by atoms with E-state index in [4.69, 9.17) is 15.3 Å². The lowest BCUT2D eigenvalue weighted by molar-refractivity contribution is -0.141. The molecule has 1 saturated heterocycles. The van der Waals surface area contributed by atoms with Crippen LogP contribution in [0.1, 0.15) is 53.0 Å². The molecule has 0 bridgehead atoms. The van der Waals surface area contributed by atoms with Gasteiger partial charge in [0.15, 0.2) is 6.29 Å². The SMILES string of the molecule is CCOC(=O)C1=C(C)N(N)C(N2CCCC(NC(=O)OC(C)(C)C)C2)N1Cc1ccccc1. The van der Waals surface area contributed by atoms with Crippen LogP contribution in [0.2, 0.25) is 0 Å². The molecule has 1 fully saturated rings. The number of hydrazine groups is 1. The number of piperidine rings is 1. The molecule has 9 nitrogen and oxygen atoms in total. The first-order valence-electron chi connectivity index (χ1n) is 11.6. The predicted octanol–water partition coefficient (Wildman–Crippen LogP) is 2.75. The summed E-state index contributed by atoms with van der Waals surface area (Å²) in [6.07, 6.45) is 0.946. The summed E-state index contributed by atoms with van der Waals surface area (Å²) in [5, 5.41) is 4.62. The Bertz CT molecular complexity index is 867. The average molecular weight is 460 g/mol. The fourth-order valence-corrected chi connectivity index (χ4v) is 4.36. The molecule has 0 radical (unpaired) electrons. The van der Waals surface area contributed by atoms with Crippen LogP contribution in [0.4, 0.5) is 4.79 Å². The van der Waals surface area contributed by atoms with Gasteiger partial charge >= 0.3 is 12.1 Å². The lowest BCUT2D eigenvalue weighted by Crippen LogP contribution is -2.60. The van der Waals surface area contributed by atoms with E-state index in [1.807, 2.05) is 62.9 Å². The van der Waals surface area contributed by atoms with Crippen molar-refractivity contribution in [3.63, 3.8) is 0 Å². The molecule has 33 heavy (non-hydrogen) atoms. The van der Waals surface area contributed by atoms with E-state index in [2.05, 4.69) is 10.2 Å². The van der Waals surface area contributed by atoms with Crippen molar-refractivity contribution in [2.75, 3.05) is 19.7 Å². The van der Waals surface area contributed by atoms with E-state index in [0.29, 0.717) is 24.5 Å². The van der Waals surface area contributed by atoms with Crippen molar-refractivity contribution in [2.45, 2.75) is 71.9 Å². The lowest BCUT2D eigenvalue weighted by Gasteiger charge is -2.43. The molecule has 3 rings (SSSR count). The molecule has 0 aliphatic carbocycles. The highest BCUT2D eigenvalue weighted by molar-refractivity contribution is 5.89. The summed E-state index contributed by atoms with van der Waals surface area (Å²) in [6, 6.07) is 9.89. The molecule has 1 amide bonds. The number of nitrogens with two attached hydrogens (primary N) is 1. The number of hydrogen-bond donors (Lipinski definition) is 2. The largest absolute Gasteiger partial charge is 0.461 e. The lowest BCUT2D eigenvalue weighted by atomic mass is 10.1. The normalized spacial score (nSPS) is 21.9. The van der Waals surface area contributed by atoms with Crippen molar-refractivity contribution in [1.29, 1.82) is 0 Å². The quantitative estimate of drug-likeness (QED) is 0.495. The molecule has 0 aromatic heterocycles. The molecular weight excluding hydrogens is 422 g/mol. The number of alkyl carbamates (subject to hydrolysis) is 1. The van der Waals surface area contributed by atoms with E-state index >= 15 is 0 Å². The Morgan fingerprint density at radius 1 is 1.21 bits per heavy atom. The summed E-state index contributed by atoms with van der Waals surface area (Å²) in [7, 11) is 0. The van der Waals surface area contributed by atoms with Crippen molar-refractivity contribution in [1.82, 2.24) is 20.1 Å². The van der Waals surface area contributed by atoms with Crippen LogP contribution in [-0.2, 0) is 20.8 Å². The van der Waals surface area contributed by atoms with Crippen LogP contribution >= 0.6 is 0 Å². The van der Waals surface area contributed by atoms with Crippen molar-refractivity contribution < 1.29 is 19.1 Å². The first kappa shape index (κ1) is 24.9. The molecule has 2 aliphatic heterocycles. The second-order valence-corrected chi connectivity index (χ2v) is 9.50. The van der Waals surface area contributed by atoms with Crippen LogP contribution in [0.15, 0.2) is 41.7 Å². The Morgan fingerprint density at radius 3 is 2.55 bits per heavy atom. The second kappa shape index (κ2) is 10.4. The van der Waals surface area contributed by atoms with E-state index in [1.165, 1.54) is 0 Å². The van der Waals surface area contributed by atoms with Crippen LogP contribution in [-0.4, -0.2) is 64.5 Å². The maximum Gasteiger partial charge on any atom is 0.407 e. The van der Waals surface area contributed by atoms with Crippen LogP contribution in [0.3, 0.4) is 0 Å². The number of nitrogens with one attached hydrogen (secondary N) is 1. The van der Waals surface area contributed by atoms with Crippen LogP contribution in [0.5, 0.6) is 0 Å². The zero-order chi connectivity index (χ0) is 24.2. The van der Waals surface area contributed by atoms with Gasteiger partial charge in [0.25, 0.3) is 0 Å². The van der Waals surface area contributed by atoms with Crippen LogP contribution < -0.4 is 11.2 Å². The fourth-order valence-electron chi connectivity index (χ4n) is 4.36. The number of amides is 1. The monoisotopic (exact) mass is 459 g/mol. The van der Waals surface area contributed by atoms with Crippen molar-refractivity contribution in [3.05, 3.63) is 47.3 Å².